The Kier molecular flexibility index (Phi) is 9.54. The normalized spacial score (nSPS) is 27.0. The highest BCUT2D eigenvalue weighted by Crippen LogP contribution is 2.66. The fraction of sp³-hybridized carbons (Fsp3) is 0.286. The zero-order chi connectivity index (χ0) is 39.5. The summed E-state index contributed by atoms with van der Waals surface area (Å²) in [5.41, 5.74) is 3.63. The van der Waals surface area contributed by atoms with Gasteiger partial charge in [-0.1, -0.05) is 29.8 Å². The van der Waals surface area contributed by atoms with Crippen LogP contribution in [-0.4, -0.2) is 65.8 Å². The molecule has 4 aromatic rings. The molecule has 8 rings (SSSR count). The quantitative estimate of drug-likeness (QED) is 0.0806. The van der Waals surface area contributed by atoms with E-state index in [1.807, 2.05) is 49.3 Å². The first-order valence-electron chi connectivity index (χ1n) is 18.1. The minimum atomic E-state index is -2.13. The molecule has 0 bridgehead atoms. The molecular formula is C42H36Cl2FN5O6. The van der Waals surface area contributed by atoms with E-state index in [1.165, 1.54) is 12.1 Å². The molecule has 286 valence electrons. The summed E-state index contributed by atoms with van der Waals surface area (Å²) in [6, 6.07) is 25.8. The Bertz CT molecular complexity index is 2300. The number of aliphatic hydroxyl groups excluding tert-OH is 1. The number of alkyl halides is 2. The number of anilines is 3. The summed E-state index contributed by atoms with van der Waals surface area (Å²) in [7, 11) is 3.89. The number of carbonyl (C=O) groups is 4. The molecule has 1 N–H and O–H groups in total. The highest BCUT2D eigenvalue weighted by Gasteiger charge is 2.77. The number of benzene rings is 4. The minimum absolute atomic E-state index is 0.0707. The second-order valence-electron chi connectivity index (χ2n) is 14.5. The standard InChI is InChI=1S/C42H36Cl2FN5O6/c1-48(2)27-15-9-25(10-16-27)46-47-26-11-17-28(18-12-26)49-37(52)32-20-19-30-33(35(32)38(49)53)23-41(43)39(54)50(29-13-7-24(45)8-14-29)40(55)42(41,44)36(30)31-5-3-4-6-34(31)56-22-21-51/h3-19,32-33,35-36,51H,20-23H2,1-2H3. The van der Waals surface area contributed by atoms with E-state index in [4.69, 9.17) is 27.9 Å². The molecule has 6 atom stereocenters. The first kappa shape index (κ1) is 37.5. The van der Waals surface area contributed by atoms with Crippen molar-refractivity contribution >= 4 is 75.3 Å². The third-order valence-electron chi connectivity index (χ3n) is 11.2. The molecule has 0 aromatic heterocycles. The number of aliphatic hydroxyl groups is 1. The van der Waals surface area contributed by atoms with E-state index in [9.17, 15) is 28.7 Å². The number of allylic oxidation sites excluding steroid dienone is 2. The van der Waals surface area contributed by atoms with Gasteiger partial charge in [0.1, 0.15) is 18.2 Å². The lowest BCUT2D eigenvalue weighted by Gasteiger charge is -2.50. The van der Waals surface area contributed by atoms with Crippen LogP contribution >= 0.6 is 23.2 Å². The van der Waals surface area contributed by atoms with Crippen LogP contribution in [0.15, 0.2) is 119 Å². The number of azo groups is 1. The fourth-order valence-electron chi connectivity index (χ4n) is 8.61. The van der Waals surface area contributed by atoms with E-state index in [1.54, 1.807) is 48.5 Å². The Morgan fingerprint density at radius 1 is 0.804 bits per heavy atom. The number of carbonyl (C=O) groups excluding carboxylic acids is 4. The Labute approximate surface area is 332 Å². The third-order valence-corrected chi connectivity index (χ3v) is 12.6. The van der Waals surface area contributed by atoms with Gasteiger partial charge in [-0.25, -0.2) is 9.29 Å². The number of ether oxygens (including phenoxy) is 1. The zero-order valence-electron chi connectivity index (χ0n) is 30.3. The van der Waals surface area contributed by atoms with Crippen molar-refractivity contribution in [2.75, 3.05) is 42.0 Å². The molecule has 4 amide bonds. The average Bonchev–Trinajstić information content (AvgIpc) is 3.54. The molecule has 1 saturated carbocycles. The maximum Gasteiger partial charge on any atom is 0.258 e. The van der Waals surface area contributed by atoms with Crippen LogP contribution < -0.4 is 19.4 Å². The molecule has 56 heavy (non-hydrogen) atoms. The average molecular weight is 797 g/mol. The second kappa shape index (κ2) is 14.3. The van der Waals surface area contributed by atoms with E-state index in [0.29, 0.717) is 33.9 Å². The largest absolute Gasteiger partial charge is 0.491 e. The maximum absolute atomic E-state index is 14.7. The van der Waals surface area contributed by atoms with Crippen LogP contribution in [-0.2, 0) is 19.2 Å². The monoisotopic (exact) mass is 795 g/mol. The van der Waals surface area contributed by atoms with Gasteiger partial charge in [-0.2, -0.15) is 10.2 Å². The molecule has 0 radical (unpaired) electrons. The van der Waals surface area contributed by atoms with Gasteiger partial charge in [-0.15, -0.1) is 23.2 Å². The van der Waals surface area contributed by atoms with Gasteiger partial charge in [0, 0.05) is 31.3 Å². The molecule has 2 aliphatic carbocycles. The first-order valence-corrected chi connectivity index (χ1v) is 18.9. The molecular weight excluding hydrogens is 760 g/mol. The number of nitrogens with zero attached hydrogens (tertiary/aromatic N) is 5. The van der Waals surface area contributed by atoms with E-state index in [0.717, 1.165) is 27.6 Å². The van der Waals surface area contributed by atoms with Crippen LogP contribution in [0.4, 0.5) is 32.8 Å². The summed E-state index contributed by atoms with van der Waals surface area (Å²) >= 11 is 15.0. The van der Waals surface area contributed by atoms with Gasteiger partial charge in [0.25, 0.3) is 11.8 Å². The van der Waals surface area contributed by atoms with Crippen molar-refractivity contribution in [1.82, 2.24) is 0 Å². The van der Waals surface area contributed by atoms with Gasteiger partial charge < -0.3 is 14.7 Å². The molecule has 4 aromatic carbocycles. The molecule has 11 nitrogen and oxygen atoms in total. The molecule has 4 aliphatic rings. The van der Waals surface area contributed by atoms with Gasteiger partial charge in [0.15, 0.2) is 9.75 Å². The van der Waals surface area contributed by atoms with Crippen LogP contribution in [0.5, 0.6) is 5.75 Å². The molecule has 2 heterocycles. The third kappa shape index (κ3) is 5.81. The van der Waals surface area contributed by atoms with Crippen molar-refractivity contribution in [2.24, 2.45) is 28.0 Å². The van der Waals surface area contributed by atoms with Crippen LogP contribution in [0.1, 0.15) is 24.3 Å². The number of imide groups is 2. The van der Waals surface area contributed by atoms with E-state index < -0.39 is 62.9 Å². The lowest BCUT2D eigenvalue weighted by atomic mass is 9.56. The van der Waals surface area contributed by atoms with Crippen molar-refractivity contribution in [3.63, 3.8) is 0 Å². The summed E-state index contributed by atoms with van der Waals surface area (Å²) in [5.74, 6) is -6.36. The highest BCUT2D eigenvalue weighted by atomic mass is 35.5. The molecule has 14 heteroatoms. The molecule has 0 spiro atoms. The Morgan fingerprint density at radius 2 is 1.41 bits per heavy atom. The molecule has 2 aliphatic heterocycles. The smallest absolute Gasteiger partial charge is 0.258 e. The SMILES string of the molecule is CN(C)c1ccc(N=Nc2ccc(N3C(=O)C4CC=C5C(CC6(Cl)C(=O)N(c7ccc(F)cc7)C(=O)C6(Cl)C5c5ccccc5OCCO)C4C3=O)cc2)cc1. The fourth-order valence-corrected chi connectivity index (χ4v) is 9.53. The number of halogens is 3. The van der Waals surface area contributed by atoms with Crippen LogP contribution in [0.3, 0.4) is 0 Å². The van der Waals surface area contributed by atoms with Gasteiger partial charge in [-0.3, -0.25) is 24.1 Å². The van der Waals surface area contributed by atoms with Crippen molar-refractivity contribution in [3.05, 3.63) is 120 Å². The predicted octanol–water partition coefficient (Wildman–Crippen LogP) is 7.45. The number of rotatable bonds is 9. The topological polar surface area (TPSA) is 132 Å². The Balaban J connectivity index is 1.16. The molecule has 6 unspecified atom stereocenters. The number of hydrogen-bond acceptors (Lipinski definition) is 9. The van der Waals surface area contributed by atoms with Crippen molar-refractivity contribution < 1.29 is 33.4 Å². The summed E-state index contributed by atoms with van der Waals surface area (Å²) in [5, 5.41) is 18.2. The van der Waals surface area contributed by atoms with Crippen LogP contribution in [0.25, 0.3) is 0 Å². The van der Waals surface area contributed by atoms with Gasteiger partial charge >= 0.3 is 0 Å². The number of amides is 4. The molecule has 2 saturated heterocycles. The van der Waals surface area contributed by atoms with Crippen LogP contribution in [0, 0.1) is 23.6 Å². The van der Waals surface area contributed by atoms with Crippen LogP contribution in [0.2, 0.25) is 0 Å². The lowest BCUT2D eigenvalue weighted by Crippen LogP contribution is -2.60. The van der Waals surface area contributed by atoms with Gasteiger partial charge in [0.2, 0.25) is 11.8 Å². The van der Waals surface area contributed by atoms with Gasteiger partial charge in [0.05, 0.1) is 41.2 Å². The Morgan fingerprint density at radius 3 is 2.05 bits per heavy atom. The van der Waals surface area contributed by atoms with E-state index in [-0.39, 0.29) is 31.7 Å². The predicted molar refractivity (Wildman–Crippen MR) is 209 cm³/mol. The number of hydrogen-bond donors (Lipinski definition) is 1. The molecule has 3 fully saturated rings. The first-order chi connectivity index (χ1) is 26.9. The van der Waals surface area contributed by atoms with E-state index >= 15 is 0 Å². The van der Waals surface area contributed by atoms with Gasteiger partial charge in [-0.05, 0) is 97.6 Å². The second-order valence-corrected chi connectivity index (χ2v) is 15.7. The van der Waals surface area contributed by atoms with Crippen molar-refractivity contribution in [2.45, 2.75) is 28.5 Å². The number of fused-ring (bicyclic) bond motifs is 4. The highest BCUT2D eigenvalue weighted by molar-refractivity contribution is 6.58. The maximum atomic E-state index is 14.7. The summed E-state index contributed by atoms with van der Waals surface area (Å²) < 4.78 is 19.9. The lowest BCUT2D eigenvalue weighted by molar-refractivity contribution is -0.125. The summed E-state index contributed by atoms with van der Waals surface area (Å²) in [4.78, 5) is 57.7. The minimum Gasteiger partial charge on any atom is -0.491 e. The van der Waals surface area contributed by atoms with Crippen molar-refractivity contribution in [3.8, 4) is 5.75 Å². The summed E-state index contributed by atoms with van der Waals surface area (Å²) in [6.45, 7) is -0.366. The summed E-state index contributed by atoms with van der Waals surface area (Å²) in [6.07, 6.45) is 1.77. The number of para-hydroxylation sites is 1. The van der Waals surface area contributed by atoms with E-state index in [2.05, 4.69) is 10.2 Å². The zero-order valence-corrected chi connectivity index (χ0v) is 31.8. The van der Waals surface area contributed by atoms with Crippen molar-refractivity contribution in [1.29, 1.82) is 0 Å². The Hall–Kier alpha value is -5.43.